The van der Waals surface area contributed by atoms with Gasteiger partial charge in [0.15, 0.2) is 6.61 Å². The molecule has 3 aromatic rings. The first-order valence-electron chi connectivity index (χ1n) is 8.54. The van der Waals surface area contributed by atoms with E-state index < -0.39 is 0 Å². The highest BCUT2D eigenvalue weighted by Crippen LogP contribution is 2.26. The van der Waals surface area contributed by atoms with Crippen LogP contribution in [-0.2, 0) is 4.79 Å². The number of rotatable bonds is 7. The molecule has 1 N–H and O–H groups in total. The zero-order valence-electron chi connectivity index (χ0n) is 15.0. The van der Waals surface area contributed by atoms with Crippen LogP contribution >= 0.6 is 0 Å². The molecule has 2 aromatic carbocycles. The fraction of sp³-hybridized carbons (Fsp3) is 0.300. The predicted octanol–water partition coefficient (Wildman–Crippen LogP) is 2.39. The number of nitrogens with one attached hydrogen (secondary N) is 1. The van der Waals surface area contributed by atoms with E-state index in [1.165, 1.54) is 0 Å². The van der Waals surface area contributed by atoms with Crippen LogP contribution in [0.25, 0.3) is 21.7 Å². The monoisotopic (exact) mass is 354 g/mol. The number of nitrogens with zero attached hydrogens (tertiary/aromatic N) is 1. The smallest absolute Gasteiger partial charge is 0.344 e. The Morgan fingerprint density at radius 2 is 1.88 bits per heavy atom. The van der Waals surface area contributed by atoms with Crippen LogP contribution in [0.4, 0.5) is 0 Å². The van der Waals surface area contributed by atoms with Gasteiger partial charge in [0, 0.05) is 18.0 Å². The maximum Gasteiger partial charge on any atom is 0.344 e. The van der Waals surface area contributed by atoms with Crippen molar-refractivity contribution in [1.29, 1.82) is 0 Å². The molecule has 1 heterocycles. The van der Waals surface area contributed by atoms with E-state index in [0.29, 0.717) is 23.3 Å². The molecule has 1 amide bonds. The Hall–Kier alpha value is -2.86. The summed E-state index contributed by atoms with van der Waals surface area (Å²) in [6.45, 7) is 1.45. The Balaban J connectivity index is 1.67. The zero-order chi connectivity index (χ0) is 18.5. The van der Waals surface area contributed by atoms with Crippen molar-refractivity contribution >= 4 is 27.6 Å². The van der Waals surface area contributed by atoms with Crippen molar-refractivity contribution in [3.63, 3.8) is 0 Å². The first-order valence-corrected chi connectivity index (χ1v) is 8.54. The van der Waals surface area contributed by atoms with Crippen LogP contribution in [0.5, 0.6) is 5.75 Å². The number of hydrogen-bond donors (Lipinski definition) is 1. The molecule has 0 radical (unpaired) electrons. The average Bonchev–Trinajstić information content (AvgIpc) is 2.63. The van der Waals surface area contributed by atoms with Gasteiger partial charge in [0.2, 0.25) is 0 Å². The van der Waals surface area contributed by atoms with Gasteiger partial charge >= 0.3 is 5.63 Å². The molecule has 0 aliphatic carbocycles. The van der Waals surface area contributed by atoms with Gasteiger partial charge in [0.05, 0.1) is 5.39 Å². The lowest BCUT2D eigenvalue weighted by atomic mass is 10.1. The predicted molar refractivity (Wildman–Crippen MR) is 102 cm³/mol. The molecule has 6 nitrogen and oxygen atoms in total. The lowest BCUT2D eigenvalue weighted by molar-refractivity contribution is -0.123. The first kappa shape index (κ1) is 17.9. The Morgan fingerprint density at radius 1 is 1.12 bits per heavy atom. The summed E-state index contributed by atoms with van der Waals surface area (Å²) in [6.07, 6.45) is 0.882. The van der Waals surface area contributed by atoms with Gasteiger partial charge in [-0.1, -0.05) is 18.2 Å². The minimum atomic E-state index is -0.385. The van der Waals surface area contributed by atoms with Crippen molar-refractivity contribution in [2.45, 2.75) is 6.42 Å². The first-order chi connectivity index (χ1) is 12.5. The fourth-order valence-electron chi connectivity index (χ4n) is 2.77. The summed E-state index contributed by atoms with van der Waals surface area (Å²) in [5.74, 6) is 0.309. The van der Waals surface area contributed by atoms with E-state index in [1.54, 1.807) is 24.3 Å². The average molecular weight is 354 g/mol. The van der Waals surface area contributed by atoms with Gasteiger partial charge < -0.3 is 19.4 Å². The maximum atomic E-state index is 12.1. The van der Waals surface area contributed by atoms with Crippen LogP contribution < -0.4 is 15.7 Å². The molecule has 3 rings (SSSR count). The molecule has 26 heavy (non-hydrogen) atoms. The minimum absolute atomic E-state index is 0.0781. The molecule has 0 unspecified atom stereocenters. The molecular weight excluding hydrogens is 332 g/mol. The van der Waals surface area contributed by atoms with E-state index >= 15 is 0 Å². The molecule has 136 valence electrons. The Morgan fingerprint density at radius 3 is 2.65 bits per heavy atom. The van der Waals surface area contributed by atoms with Gasteiger partial charge in [-0.05, 0) is 50.6 Å². The third-order valence-electron chi connectivity index (χ3n) is 4.07. The molecule has 6 heteroatoms. The topological polar surface area (TPSA) is 71.8 Å². The van der Waals surface area contributed by atoms with Crippen LogP contribution in [0.1, 0.15) is 6.42 Å². The number of hydrogen-bond acceptors (Lipinski definition) is 5. The van der Waals surface area contributed by atoms with Crippen molar-refractivity contribution in [3.05, 3.63) is 52.9 Å². The van der Waals surface area contributed by atoms with Gasteiger partial charge in [-0.3, -0.25) is 4.79 Å². The highest BCUT2D eigenvalue weighted by atomic mass is 16.5. The maximum absolute atomic E-state index is 12.1. The minimum Gasteiger partial charge on any atom is -0.484 e. The van der Waals surface area contributed by atoms with E-state index in [2.05, 4.69) is 10.2 Å². The van der Waals surface area contributed by atoms with Crippen molar-refractivity contribution in [2.75, 3.05) is 33.8 Å². The highest BCUT2D eigenvalue weighted by Gasteiger charge is 2.09. The summed E-state index contributed by atoms with van der Waals surface area (Å²) < 4.78 is 10.9. The highest BCUT2D eigenvalue weighted by molar-refractivity contribution is 6.04. The summed E-state index contributed by atoms with van der Waals surface area (Å²) in [4.78, 5) is 26.0. The third kappa shape index (κ3) is 4.21. The number of carbonyl (C=O) groups is 1. The molecule has 0 spiro atoms. The van der Waals surface area contributed by atoms with Gasteiger partial charge in [0.25, 0.3) is 5.91 Å². The van der Waals surface area contributed by atoms with Crippen molar-refractivity contribution in [2.24, 2.45) is 0 Å². The van der Waals surface area contributed by atoms with Crippen molar-refractivity contribution < 1.29 is 13.9 Å². The van der Waals surface area contributed by atoms with Crippen molar-refractivity contribution in [1.82, 2.24) is 10.2 Å². The summed E-state index contributed by atoms with van der Waals surface area (Å²) >= 11 is 0. The van der Waals surface area contributed by atoms with Crippen LogP contribution in [0.3, 0.4) is 0 Å². The Kier molecular flexibility index (Phi) is 5.53. The molecule has 0 saturated carbocycles. The van der Waals surface area contributed by atoms with Gasteiger partial charge in [-0.15, -0.1) is 0 Å². The Bertz CT molecular complexity index is 978. The zero-order valence-corrected chi connectivity index (χ0v) is 15.0. The molecule has 0 atom stereocenters. The second-order valence-corrected chi connectivity index (χ2v) is 6.39. The van der Waals surface area contributed by atoms with Crippen LogP contribution in [0, 0.1) is 0 Å². The SMILES string of the molecule is CN(C)CCCNC(=O)COc1ccc2c(c1)oc(=O)c1ccccc12. The van der Waals surface area contributed by atoms with E-state index in [1.807, 2.05) is 32.3 Å². The molecule has 0 fully saturated rings. The Labute approximate surface area is 151 Å². The number of fused-ring (bicyclic) bond motifs is 3. The summed E-state index contributed by atoms with van der Waals surface area (Å²) in [6, 6.07) is 12.6. The molecule has 0 aliphatic heterocycles. The van der Waals surface area contributed by atoms with E-state index in [0.717, 1.165) is 23.7 Å². The van der Waals surface area contributed by atoms with Crippen LogP contribution in [-0.4, -0.2) is 44.6 Å². The molecule has 0 bridgehead atoms. The standard InChI is InChI=1S/C20H22N2O4/c1-22(2)11-5-10-21-19(23)13-25-14-8-9-16-15-6-3-4-7-17(15)20(24)26-18(16)12-14/h3-4,6-9,12H,5,10-11,13H2,1-2H3,(H,21,23). The van der Waals surface area contributed by atoms with E-state index in [-0.39, 0.29) is 18.1 Å². The van der Waals surface area contributed by atoms with Crippen LogP contribution in [0.15, 0.2) is 51.7 Å². The summed E-state index contributed by atoms with van der Waals surface area (Å²) in [5.41, 5.74) is 0.0569. The van der Waals surface area contributed by atoms with Gasteiger partial charge in [0.1, 0.15) is 11.3 Å². The number of ether oxygens (including phenoxy) is 1. The van der Waals surface area contributed by atoms with Crippen LogP contribution in [0.2, 0.25) is 0 Å². The quantitative estimate of drug-likeness (QED) is 0.401. The van der Waals surface area contributed by atoms with Gasteiger partial charge in [-0.25, -0.2) is 4.79 Å². The van der Waals surface area contributed by atoms with Crippen molar-refractivity contribution in [3.8, 4) is 5.75 Å². The summed E-state index contributed by atoms with van der Waals surface area (Å²) in [7, 11) is 3.98. The number of amides is 1. The fourth-order valence-corrected chi connectivity index (χ4v) is 2.77. The number of benzene rings is 2. The molecular formula is C20H22N2O4. The lowest BCUT2D eigenvalue weighted by Gasteiger charge is -2.11. The van der Waals surface area contributed by atoms with Gasteiger partial charge in [-0.2, -0.15) is 0 Å². The summed E-state index contributed by atoms with van der Waals surface area (Å²) in [5, 5.41) is 5.03. The number of carbonyl (C=O) groups excluding carboxylic acids is 1. The largest absolute Gasteiger partial charge is 0.484 e. The molecule has 0 aliphatic rings. The third-order valence-corrected chi connectivity index (χ3v) is 4.07. The van der Waals surface area contributed by atoms with E-state index in [4.69, 9.17) is 9.15 Å². The second kappa shape index (κ2) is 8.01. The molecule has 0 saturated heterocycles. The molecule has 1 aromatic heterocycles. The van der Waals surface area contributed by atoms with E-state index in [9.17, 15) is 9.59 Å². The lowest BCUT2D eigenvalue weighted by Crippen LogP contribution is -2.31. The second-order valence-electron chi connectivity index (χ2n) is 6.39. The normalized spacial score (nSPS) is 11.2.